The second-order valence-electron chi connectivity index (χ2n) is 4.83. The summed E-state index contributed by atoms with van der Waals surface area (Å²) in [5, 5.41) is 0. The van der Waals surface area contributed by atoms with Gasteiger partial charge in [-0.05, 0) is 30.3 Å². The second-order valence-corrected chi connectivity index (χ2v) is 5.74. The van der Waals surface area contributed by atoms with E-state index < -0.39 is 23.6 Å². The first-order valence-electron chi connectivity index (χ1n) is 6.41. The summed E-state index contributed by atoms with van der Waals surface area (Å²) in [6.45, 7) is -0.0227. The minimum Gasteiger partial charge on any atom is -0.337 e. The van der Waals surface area contributed by atoms with Crippen molar-refractivity contribution in [3.05, 3.63) is 63.6 Å². The van der Waals surface area contributed by atoms with Crippen LogP contribution in [0, 0.1) is 5.82 Å². The number of alkyl halides is 3. The fraction of sp³-hybridized carbons (Fsp3) is 0.200. The highest BCUT2D eigenvalue weighted by Gasteiger charge is 2.32. The van der Waals surface area contributed by atoms with E-state index in [2.05, 4.69) is 20.9 Å². The topological polar surface area (TPSA) is 33.2 Å². The van der Waals surface area contributed by atoms with Gasteiger partial charge in [0.05, 0.1) is 5.56 Å². The first kappa shape index (κ1) is 17.4. The fourth-order valence-electron chi connectivity index (χ4n) is 1.90. The molecule has 2 rings (SSSR count). The summed E-state index contributed by atoms with van der Waals surface area (Å²) < 4.78 is 51.7. The van der Waals surface area contributed by atoms with Crippen LogP contribution in [0.4, 0.5) is 17.6 Å². The highest BCUT2D eigenvalue weighted by atomic mass is 79.9. The van der Waals surface area contributed by atoms with E-state index in [1.807, 2.05) is 0 Å². The zero-order valence-corrected chi connectivity index (χ0v) is 13.4. The van der Waals surface area contributed by atoms with Crippen LogP contribution in [0.5, 0.6) is 0 Å². The van der Waals surface area contributed by atoms with Crippen LogP contribution in [-0.4, -0.2) is 22.8 Å². The number of hydrogen-bond donors (Lipinski definition) is 0. The normalized spacial score (nSPS) is 11.4. The maximum atomic E-state index is 13.7. The molecule has 3 nitrogen and oxygen atoms in total. The standard InChI is InChI=1S/C15H11BrF4N2O/c1-22(8-10-6-11(16)3-4-12(10)17)14(23)9-2-5-13(21-7-9)15(18,19)20/h2-7H,8H2,1H3. The Kier molecular flexibility index (Phi) is 5.03. The molecule has 1 amide bonds. The van der Waals surface area contributed by atoms with Gasteiger partial charge in [0.2, 0.25) is 0 Å². The Labute approximate surface area is 138 Å². The molecule has 0 bridgehead atoms. The Morgan fingerprint density at radius 1 is 1.26 bits per heavy atom. The van der Waals surface area contributed by atoms with E-state index in [1.54, 1.807) is 0 Å². The van der Waals surface area contributed by atoms with Crippen LogP contribution < -0.4 is 0 Å². The largest absolute Gasteiger partial charge is 0.433 e. The number of carbonyl (C=O) groups is 1. The van der Waals surface area contributed by atoms with E-state index in [4.69, 9.17) is 0 Å². The van der Waals surface area contributed by atoms with E-state index in [0.717, 1.165) is 18.3 Å². The molecule has 122 valence electrons. The molecule has 23 heavy (non-hydrogen) atoms. The molecule has 1 aromatic carbocycles. The second kappa shape index (κ2) is 6.66. The van der Waals surface area contributed by atoms with Gasteiger partial charge < -0.3 is 4.90 Å². The number of aromatic nitrogens is 1. The molecule has 0 aliphatic heterocycles. The third-order valence-electron chi connectivity index (χ3n) is 3.06. The van der Waals surface area contributed by atoms with Crippen LogP contribution in [0.25, 0.3) is 0 Å². The van der Waals surface area contributed by atoms with Crippen LogP contribution >= 0.6 is 15.9 Å². The van der Waals surface area contributed by atoms with Gasteiger partial charge in [0.15, 0.2) is 0 Å². The lowest BCUT2D eigenvalue weighted by molar-refractivity contribution is -0.141. The van der Waals surface area contributed by atoms with E-state index in [1.165, 1.54) is 30.1 Å². The Balaban J connectivity index is 2.15. The van der Waals surface area contributed by atoms with Gasteiger partial charge in [-0.25, -0.2) is 4.39 Å². The van der Waals surface area contributed by atoms with Gasteiger partial charge in [-0.15, -0.1) is 0 Å². The summed E-state index contributed by atoms with van der Waals surface area (Å²) in [5.74, 6) is -1.02. The summed E-state index contributed by atoms with van der Waals surface area (Å²) in [4.78, 5) is 16.6. The van der Waals surface area contributed by atoms with Gasteiger partial charge >= 0.3 is 6.18 Å². The SMILES string of the molecule is CN(Cc1cc(Br)ccc1F)C(=O)c1ccc(C(F)(F)F)nc1. The number of nitrogens with zero attached hydrogens (tertiary/aromatic N) is 2. The molecule has 0 N–H and O–H groups in total. The number of pyridine rings is 1. The third-order valence-corrected chi connectivity index (χ3v) is 3.56. The van der Waals surface area contributed by atoms with Gasteiger partial charge in [0, 0.05) is 29.8 Å². The summed E-state index contributed by atoms with van der Waals surface area (Å²) in [6.07, 6.45) is -3.70. The van der Waals surface area contributed by atoms with Gasteiger partial charge in [-0.1, -0.05) is 15.9 Å². The Morgan fingerprint density at radius 3 is 2.52 bits per heavy atom. The Bertz CT molecular complexity index is 716. The molecule has 0 saturated carbocycles. The molecule has 0 spiro atoms. The molecule has 0 fully saturated rings. The van der Waals surface area contributed by atoms with Crippen molar-refractivity contribution in [1.29, 1.82) is 0 Å². The van der Waals surface area contributed by atoms with Crippen molar-refractivity contribution in [2.45, 2.75) is 12.7 Å². The number of amides is 1. The average molecular weight is 391 g/mol. The van der Waals surface area contributed by atoms with Crippen molar-refractivity contribution < 1.29 is 22.4 Å². The lowest BCUT2D eigenvalue weighted by atomic mass is 10.2. The zero-order chi connectivity index (χ0) is 17.2. The minimum atomic E-state index is -4.56. The maximum Gasteiger partial charge on any atom is 0.433 e. The summed E-state index contributed by atoms with van der Waals surface area (Å²) >= 11 is 3.21. The Morgan fingerprint density at radius 2 is 1.96 bits per heavy atom. The van der Waals surface area contributed by atoms with E-state index >= 15 is 0 Å². The summed E-state index contributed by atoms with van der Waals surface area (Å²) in [7, 11) is 1.43. The number of halogens is 5. The van der Waals surface area contributed by atoms with Crippen molar-refractivity contribution in [2.75, 3.05) is 7.05 Å². The van der Waals surface area contributed by atoms with Crippen molar-refractivity contribution in [3.8, 4) is 0 Å². The lowest BCUT2D eigenvalue weighted by Crippen LogP contribution is -2.27. The molecule has 0 saturated heterocycles. The van der Waals surface area contributed by atoms with Gasteiger partial charge in [-0.2, -0.15) is 13.2 Å². The van der Waals surface area contributed by atoms with E-state index in [0.29, 0.717) is 4.47 Å². The lowest BCUT2D eigenvalue weighted by Gasteiger charge is -2.18. The van der Waals surface area contributed by atoms with Crippen LogP contribution in [-0.2, 0) is 12.7 Å². The highest BCUT2D eigenvalue weighted by Crippen LogP contribution is 2.27. The first-order chi connectivity index (χ1) is 10.7. The fourth-order valence-corrected chi connectivity index (χ4v) is 2.31. The van der Waals surface area contributed by atoms with Crippen molar-refractivity contribution >= 4 is 21.8 Å². The molecule has 0 unspecified atom stereocenters. The molecule has 8 heteroatoms. The Hall–Kier alpha value is -1.96. The maximum absolute atomic E-state index is 13.7. The number of rotatable bonds is 3. The van der Waals surface area contributed by atoms with Crippen LogP contribution in [0.15, 0.2) is 41.0 Å². The van der Waals surface area contributed by atoms with Crippen LogP contribution in [0.3, 0.4) is 0 Å². The minimum absolute atomic E-state index is 0.00379. The van der Waals surface area contributed by atoms with Gasteiger partial charge in [0.1, 0.15) is 11.5 Å². The molecule has 1 heterocycles. The highest BCUT2D eigenvalue weighted by molar-refractivity contribution is 9.10. The van der Waals surface area contributed by atoms with Gasteiger partial charge in [0.25, 0.3) is 5.91 Å². The molecule has 2 aromatic rings. The molecule has 0 radical (unpaired) electrons. The van der Waals surface area contributed by atoms with Crippen molar-refractivity contribution in [3.63, 3.8) is 0 Å². The van der Waals surface area contributed by atoms with E-state index in [-0.39, 0.29) is 17.7 Å². The monoisotopic (exact) mass is 390 g/mol. The third kappa shape index (κ3) is 4.28. The summed E-state index contributed by atoms with van der Waals surface area (Å²) in [5.41, 5.74) is -0.791. The van der Waals surface area contributed by atoms with Gasteiger partial charge in [-0.3, -0.25) is 9.78 Å². The molecule has 0 aliphatic rings. The zero-order valence-electron chi connectivity index (χ0n) is 11.9. The molecular formula is C15H11BrF4N2O. The average Bonchev–Trinajstić information content (AvgIpc) is 2.49. The number of benzene rings is 1. The predicted octanol–water partition coefficient (Wildman–Crippen LogP) is 4.27. The first-order valence-corrected chi connectivity index (χ1v) is 7.20. The molecule has 0 aliphatic carbocycles. The predicted molar refractivity (Wildman–Crippen MR) is 79.1 cm³/mol. The molecule has 1 aromatic heterocycles. The molecule has 0 atom stereocenters. The quantitative estimate of drug-likeness (QED) is 0.733. The van der Waals surface area contributed by atoms with Crippen molar-refractivity contribution in [1.82, 2.24) is 9.88 Å². The smallest absolute Gasteiger partial charge is 0.337 e. The van der Waals surface area contributed by atoms with E-state index in [9.17, 15) is 22.4 Å². The van der Waals surface area contributed by atoms with Crippen molar-refractivity contribution in [2.24, 2.45) is 0 Å². The molecular weight excluding hydrogens is 380 g/mol. The number of carbonyl (C=O) groups excluding carboxylic acids is 1. The summed E-state index contributed by atoms with van der Waals surface area (Å²) in [6, 6.07) is 6.11. The number of hydrogen-bond acceptors (Lipinski definition) is 2. The van der Waals surface area contributed by atoms with Crippen LogP contribution in [0.1, 0.15) is 21.6 Å². The van der Waals surface area contributed by atoms with Crippen LogP contribution in [0.2, 0.25) is 0 Å².